The molecule has 0 fully saturated rings. The third kappa shape index (κ3) is 3.17. The summed E-state index contributed by atoms with van der Waals surface area (Å²) < 4.78 is 0. The number of nitrogens with zero attached hydrogens (tertiary/aromatic N) is 4. The normalized spacial score (nSPS) is 16.3. The molecule has 0 spiro atoms. The van der Waals surface area contributed by atoms with Gasteiger partial charge in [0.2, 0.25) is 5.82 Å². The number of aryl methyl sites for hydroxylation is 1. The van der Waals surface area contributed by atoms with Crippen LogP contribution < -0.4 is 0 Å². The van der Waals surface area contributed by atoms with Gasteiger partial charge in [0, 0.05) is 12.6 Å². The SMILES string of the molecule is CCCN(C(=O)c1nnc2ccccc2n1)C1CCc2ccccc2C1. The van der Waals surface area contributed by atoms with E-state index >= 15 is 0 Å². The van der Waals surface area contributed by atoms with E-state index in [-0.39, 0.29) is 17.8 Å². The Morgan fingerprint density at radius 2 is 1.77 bits per heavy atom. The Labute approximate surface area is 153 Å². The van der Waals surface area contributed by atoms with Gasteiger partial charge in [-0.05, 0) is 48.9 Å². The molecule has 1 amide bonds. The quantitative estimate of drug-likeness (QED) is 0.726. The second-order valence-electron chi connectivity index (χ2n) is 6.79. The van der Waals surface area contributed by atoms with E-state index in [1.165, 1.54) is 11.1 Å². The number of amides is 1. The van der Waals surface area contributed by atoms with E-state index in [1.807, 2.05) is 29.2 Å². The third-order valence-corrected chi connectivity index (χ3v) is 5.04. The molecule has 0 bridgehead atoms. The van der Waals surface area contributed by atoms with Gasteiger partial charge in [0.1, 0.15) is 5.52 Å². The molecule has 1 aliphatic carbocycles. The minimum Gasteiger partial charge on any atom is -0.333 e. The van der Waals surface area contributed by atoms with Crippen LogP contribution in [0.15, 0.2) is 48.5 Å². The number of hydrogen-bond donors (Lipinski definition) is 0. The first-order valence-corrected chi connectivity index (χ1v) is 9.23. The van der Waals surface area contributed by atoms with Crippen molar-refractivity contribution < 1.29 is 4.79 Å². The van der Waals surface area contributed by atoms with Gasteiger partial charge in [-0.3, -0.25) is 4.79 Å². The largest absolute Gasteiger partial charge is 0.333 e. The van der Waals surface area contributed by atoms with Crippen molar-refractivity contribution in [3.05, 3.63) is 65.5 Å². The Kier molecular flexibility index (Phi) is 4.61. The number of aromatic nitrogens is 3. The fraction of sp³-hybridized carbons (Fsp3) is 0.333. The fourth-order valence-electron chi connectivity index (χ4n) is 3.74. The molecule has 1 unspecified atom stereocenters. The van der Waals surface area contributed by atoms with Gasteiger partial charge in [-0.2, -0.15) is 0 Å². The Morgan fingerprint density at radius 1 is 1.04 bits per heavy atom. The number of benzene rings is 2. The van der Waals surface area contributed by atoms with Gasteiger partial charge >= 0.3 is 0 Å². The Bertz CT molecular complexity index is 940. The highest BCUT2D eigenvalue weighted by atomic mass is 16.2. The molecule has 5 heteroatoms. The average Bonchev–Trinajstić information content (AvgIpc) is 2.71. The summed E-state index contributed by atoms with van der Waals surface area (Å²) in [6, 6.07) is 16.2. The summed E-state index contributed by atoms with van der Waals surface area (Å²) in [6.45, 7) is 2.80. The summed E-state index contributed by atoms with van der Waals surface area (Å²) in [4.78, 5) is 19.5. The van der Waals surface area contributed by atoms with Crippen LogP contribution in [-0.4, -0.2) is 38.6 Å². The molecule has 1 heterocycles. The van der Waals surface area contributed by atoms with E-state index < -0.39 is 0 Å². The first kappa shape index (κ1) is 16.6. The monoisotopic (exact) mass is 346 g/mol. The molecule has 132 valence electrons. The maximum atomic E-state index is 13.2. The zero-order valence-electron chi connectivity index (χ0n) is 14.9. The smallest absolute Gasteiger partial charge is 0.293 e. The highest BCUT2D eigenvalue weighted by Crippen LogP contribution is 2.25. The van der Waals surface area contributed by atoms with Crippen molar-refractivity contribution in [2.75, 3.05) is 6.54 Å². The molecule has 4 rings (SSSR count). The van der Waals surface area contributed by atoms with Crippen LogP contribution in [0.2, 0.25) is 0 Å². The molecule has 0 saturated heterocycles. The number of hydrogen-bond acceptors (Lipinski definition) is 4. The molecular weight excluding hydrogens is 324 g/mol. The summed E-state index contributed by atoms with van der Waals surface area (Å²) in [5.41, 5.74) is 4.15. The molecule has 3 aromatic rings. The zero-order chi connectivity index (χ0) is 17.9. The molecule has 0 saturated carbocycles. The fourth-order valence-corrected chi connectivity index (χ4v) is 3.74. The number of para-hydroxylation sites is 1. The van der Waals surface area contributed by atoms with Gasteiger partial charge in [0.25, 0.3) is 5.91 Å². The van der Waals surface area contributed by atoms with Gasteiger partial charge in [-0.15, -0.1) is 10.2 Å². The molecule has 26 heavy (non-hydrogen) atoms. The van der Waals surface area contributed by atoms with Crippen molar-refractivity contribution in [3.63, 3.8) is 0 Å². The highest BCUT2D eigenvalue weighted by Gasteiger charge is 2.29. The standard InChI is InChI=1S/C21H22N4O/c1-2-13-25(17-12-11-15-7-3-4-8-16(15)14-17)21(26)20-22-18-9-5-6-10-19(18)23-24-20/h3-10,17H,2,11-14H2,1H3. The van der Waals surface area contributed by atoms with E-state index in [0.29, 0.717) is 17.6 Å². The lowest BCUT2D eigenvalue weighted by molar-refractivity contribution is 0.0648. The maximum Gasteiger partial charge on any atom is 0.293 e. The lowest BCUT2D eigenvalue weighted by Gasteiger charge is -2.34. The Morgan fingerprint density at radius 3 is 2.58 bits per heavy atom. The maximum absolute atomic E-state index is 13.2. The highest BCUT2D eigenvalue weighted by molar-refractivity contribution is 5.92. The van der Waals surface area contributed by atoms with Crippen LogP contribution in [0, 0.1) is 0 Å². The van der Waals surface area contributed by atoms with Gasteiger partial charge in [0.05, 0.1) is 5.52 Å². The van der Waals surface area contributed by atoms with E-state index in [9.17, 15) is 4.79 Å². The van der Waals surface area contributed by atoms with Crippen LogP contribution in [0.4, 0.5) is 0 Å². The Hall–Kier alpha value is -2.82. The lowest BCUT2D eigenvalue weighted by atomic mass is 9.87. The first-order valence-electron chi connectivity index (χ1n) is 9.23. The van der Waals surface area contributed by atoms with Crippen molar-refractivity contribution in [2.24, 2.45) is 0 Å². The minimum absolute atomic E-state index is 0.116. The topological polar surface area (TPSA) is 59.0 Å². The molecule has 5 nitrogen and oxygen atoms in total. The van der Waals surface area contributed by atoms with Crippen LogP contribution in [0.3, 0.4) is 0 Å². The summed E-state index contributed by atoms with van der Waals surface area (Å²) in [5, 5.41) is 8.26. The molecule has 0 aliphatic heterocycles. The molecule has 1 aromatic heterocycles. The van der Waals surface area contributed by atoms with Gasteiger partial charge < -0.3 is 4.90 Å². The summed E-state index contributed by atoms with van der Waals surface area (Å²) in [7, 11) is 0. The van der Waals surface area contributed by atoms with Crippen molar-refractivity contribution in [3.8, 4) is 0 Å². The second-order valence-corrected chi connectivity index (χ2v) is 6.79. The van der Waals surface area contributed by atoms with Crippen LogP contribution in [0.5, 0.6) is 0 Å². The number of carbonyl (C=O) groups is 1. The van der Waals surface area contributed by atoms with Crippen molar-refractivity contribution in [1.29, 1.82) is 0 Å². The van der Waals surface area contributed by atoms with Crippen molar-refractivity contribution in [1.82, 2.24) is 20.1 Å². The summed E-state index contributed by atoms with van der Waals surface area (Å²) in [6.07, 6.45) is 3.78. The minimum atomic E-state index is -0.116. The second kappa shape index (κ2) is 7.20. The molecule has 1 atom stereocenters. The number of fused-ring (bicyclic) bond motifs is 2. The average molecular weight is 346 g/mol. The molecule has 0 N–H and O–H groups in total. The zero-order valence-corrected chi connectivity index (χ0v) is 14.9. The van der Waals surface area contributed by atoms with E-state index in [4.69, 9.17) is 0 Å². The molecule has 2 aromatic carbocycles. The Balaban J connectivity index is 1.62. The third-order valence-electron chi connectivity index (χ3n) is 5.04. The first-order chi connectivity index (χ1) is 12.8. The lowest BCUT2D eigenvalue weighted by Crippen LogP contribution is -2.44. The molecular formula is C21H22N4O. The van der Waals surface area contributed by atoms with Crippen LogP contribution in [-0.2, 0) is 12.8 Å². The van der Waals surface area contributed by atoms with Gasteiger partial charge in [0.15, 0.2) is 0 Å². The predicted molar refractivity (Wildman–Crippen MR) is 101 cm³/mol. The van der Waals surface area contributed by atoms with Crippen molar-refractivity contribution in [2.45, 2.75) is 38.6 Å². The van der Waals surface area contributed by atoms with Gasteiger partial charge in [-0.25, -0.2) is 4.98 Å². The van der Waals surface area contributed by atoms with E-state index in [1.54, 1.807) is 0 Å². The summed E-state index contributed by atoms with van der Waals surface area (Å²) in [5.74, 6) is 0.0745. The van der Waals surface area contributed by atoms with Crippen molar-refractivity contribution >= 4 is 16.9 Å². The van der Waals surface area contributed by atoms with Crippen LogP contribution >= 0.6 is 0 Å². The van der Waals surface area contributed by atoms with E-state index in [2.05, 4.69) is 46.4 Å². The summed E-state index contributed by atoms with van der Waals surface area (Å²) >= 11 is 0. The van der Waals surface area contributed by atoms with Crippen LogP contribution in [0.25, 0.3) is 11.0 Å². The van der Waals surface area contributed by atoms with E-state index in [0.717, 1.165) is 25.7 Å². The van der Waals surface area contributed by atoms with Gasteiger partial charge in [-0.1, -0.05) is 43.3 Å². The predicted octanol–water partition coefficient (Wildman–Crippen LogP) is 3.43. The molecule has 1 aliphatic rings. The van der Waals surface area contributed by atoms with Crippen LogP contribution in [0.1, 0.15) is 41.5 Å². The number of carbonyl (C=O) groups excluding carboxylic acids is 1. The molecule has 0 radical (unpaired) electrons. The number of rotatable bonds is 4.